The Hall–Kier alpha value is -0.800. The van der Waals surface area contributed by atoms with Gasteiger partial charge in [0.05, 0.1) is 5.02 Å². The van der Waals surface area contributed by atoms with Crippen LogP contribution in [0.4, 0.5) is 5.82 Å². The molecule has 2 heterocycles. The number of aromatic nitrogens is 1. The van der Waals surface area contributed by atoms with Crippen molar-refractivity contribution >= 4 is 17.4 Å². The minimum absolute atomic E-state index is 0.468. The van der Waals surface area contributed by atoms with E-state index in [1.807, 2.05) is 13.0 Å². The third-order valence-electron chi connectivity index (χ3n) is 2.85. The molecule has 0 radical (unpaired) electrons. The summed E-state index contributed by atoms with van der Waals surface area (Å²) in [6.07, 6.45) is 5.00. The molecule has 0 bridgehead atoms. The van der Waals surface area contributed by atoms with Gasteiger partial charge < -0.3 is 10.1 Å². The van der Waals surface area contributed by atoms with E-state index in [9.17, 15) is 0 Å². The molecule has 1 N–H and O–H groups in total. The van der Waals surface area contributed by atoms with E-state index in [1.54, 1.807) is 6.20 Å². The quantitative estimate of drug-likeness (QED) is 0.863. The molecule has 0 saturated carbocycles. The standard InChI is InChI=1S/C12H17ClN2O/c1-9-7-12(14-8-11(9)13)15-10-3-2-5-16-6-4-10/h7-8,10H,2-6H2,1H3,(H,14,15). The highest BCUT2D eigenvalue weighted by atomic mass is 35.5. The summed E-state index contributed by atoms with van der Waals surface area (Å²) in [5.74, 6) is 0.911. The lowest BCUT2D eigenvalue weighted by Crippen LogP contribution is -2.20. The summed E-state index contributed by atoms with van der Waals surface area (Å²) in [6, 6.07) is 2.46. The Labute approximate surface area is 101 Å². The van der Waals surface area contributed by atoms with Crippen molar-refractivity contribution in [3.63, 3.8) is 0 Å². The van der Waals surface area contributed by atoms with Gasteiger partial charge in [0.15, 0.2) is 0 Å². The van der Waals surface area contributed by atoms with Crippen molar-refractivity contribution in [1.29, 1.82) is 0 Å². The molecule has 1 aromatic heterocycles. The normalized spacial score (nSPS) is 21.5. The number of halogens is 1. The number of nitrogens with zero attached hydrogens (tertiary/aromatic N) is 1. The molecule has 88 valence electrons. The van der Waals surface area contributed by atoms with Crippen molar-refractivity contribution in [3.8, 4) is 0 Å². The van der Waals surface area contributed by atoms with Gasteiger partial charge in [-0.25, -0.2) is 4.98 Å². The molecule has 1 aromatic rings. The van der Waals surface area contributed by atoms with E-state index >= 15 is 0 Å². The number of hydrogen-bond donors (Lipinski definition) is 1. The lowest BCUT2D eigenvalue weighted by molar-refractivity contribution is 0.144. The Morgan fingerprint density at radius 1 is 1.44 bits per heavy atom. The van der Waals surface area contributed by atoms with Crippen molar-refractivity contribution in [2.45, 2.75) is 32.2 Å². The highest BCUT2D eigenvalue weighted by molar-refractivity contribution is 6.31. The maximum atomic E-state index is 5.94. The molecular weight excluding hydrogens is 224 g/mol. The first kappa shape index (κ1) is 11.7. The topological polar surface area (TPSA) is 34.1 Å². The highest BCUT2D eigenvalue weighted by Gasteiger charge is 2.12. The first-order chi connectivity index (χ1) is 7.75. The van der Waals surface area contributed by atoms with Crippen LogP contribution in [0.3, 0.4) is 0 Å². The molecule has 0 spiro atoms. The molecule has 1 unspecified atom stereocenters. The highest BCUT2D eigenvalue weighted by Crippen LogP contribution is 2.19. The molecule has 0 aliphatic carbocycles. The van der Waals surface area contributed by atoms with E-state index in [0.717, 1.165) is 48.9 Å². The van der Waals surface area contributed by atoms with Crippen molar-refractivity contribution in [1.82, 2.24) is 4.98 Å². The molecule has 1 saturated heterocycles. The Kier molecular flexibility index (Phi) is 4.02. The van der Waals surface area contributed by atoms with Crippen LogP contribution in [0.1, 0.15) is 24.8 Å². The van der Waals surface area contributed by atoms with Crippen LogP contribution in [0, 0.1) is 6.92 Å². The van der Waals surface area contributed by atoms with Gasteiger partial charge in [0, 0.05) is 25.5 Å². The number of hydrogen-bond acceptors (Lipinski definition) is 3. The van der Waals surface area contributed by atoms with Gasteiger partial charge in [-0.05, 0) is 37.8 Å². The first-order valence-electron chi connectivity index (χ1n) is 5.72. The summed E-state index contributed by atoms with van der Waals surface area (Å²) in [5.41, 5.74) is 1.06. The van der Waals surface area contributed by atoms with Gasteiger partial charge in [0.25, 0.3) is 0 Å². The van der Waals surface area contributed by atoms with E-state index in [4.69, 9.17) is 16.3 Å². The molecule has 1 aliphatic rings. The Balaban J connectivity index is 1.99. The smallest absolute Gasteiger partial charge is 0.126 e. The fourth-order valence-corrected chi connectivity index (χ4v) is 1.98. The van der Waals surface area contributed by atoms with E-state index < -0.39 is 0 Å². The van der Waals surface area contributed by atoms with E-state index in [0.29, 0.717) is 6.04 Å². The van der Waals surface area contributed by atoms with Crippen molar-refractivity contribution in [2.75, 3.05) is 18.5 Å². The Morgan fingerprint density at radius 3 is 3.12 bits per heavy atom. The van der Waals surface area contributed by atoms with E-state index in [1.165, 1.54) is 0 Å². The molecule has 16 heavy (non-hydrogen) atoms. The lowest BCUT2D eigenvalue weighted by Gasteiger charge is -2.16. The average Bonchev–Trinajstić information content (AvgIpc) is 2.52. The van der Waals surface area contributed by atoms with Crippen LogP contribution in [-0.4, -0.2) is 24.2 Å². The number of rotatable bonds is 2. The molecule has 3 nitrogen and oxygen atoms in total. The van der Waals surface area contributed by atoms with Crippen molar-refractivity contribution < 1.29 is 4.74 Å². The third kappa shape index (κ3) is 3.09. The van der Waals surface area contributed by atoms with Crippen LogP contribution in [0.5, 0.6) is 0 Å². The molecule has 0 amide bonds. The SMILES string of the molecule is Cc1cc(NC2CCCOCC2)ncc1Cl. The zero-order chi connectivity index (χ0) is 11.4. The minimum Gasteiger partial charge on any atom is -0.381 e. The van der Waals surface area contributed by atoms with E-state index in [2.05, 4.69) is 10.3 Å². The average molecular weight is 241 g/mol. The van der Waals surface area contributed by atoms with Gasteiger partial charge in [-0.2, -0.15) is 0 Å². The predicted octanol–water partition coefficient (Wildman–Crippen LogP) is 3.02. The second-order valence-electron chi connectivity index (χ2n) is 4.20. The van der Waals surface area contributed by atoms with Crippen LogP contribution in [0.15, 0.2) is 12.3 Å². The third-order valence-corrected chi connectivity index (χ3v) is 3.25. The molecule has 1 aliphatic heterocycles. The summed E-state index contributed by atoms with van der Waals surface area (Å²) in [6.45, 7) is 3.71. The molecular formula is C12H17ClN2O. The summed E-state index contributed by atoms with van der Waals surface area (Å²) in [5, 5.41) is 4.16. The largest absolute Gasteiger partial charge is 0.381 e. The second-order valence-corrected chi connectivity index (χ2v) is 4.61. The van der Waals surface area contributed by atoms with Gasteiger partial charge in [-0.15, -0.1) is 0 Å². The first-order valence-corrected chi connectivity index (χ1v) is 6.10. The maximum absolute atomic E-state index is 5.94. The molecule has 1 atom stereocenters. The van der Waals surface area contributed by atoms with Crippen molar-refractivity contribution in [2.24, 2.45) is 0 Å². The number of pyridine rings is 1. The fraction of sp³-hybridized carbons (Fsp3) is 0.583. The van der Waals surface area contributed by atoms with Gasteiger partial charge in [-0.3, -0.25) is 0 Å². The fourth-order valence-electron chi connectivity index (χ4n) is 1.88. The minimum atomic E-state index is 0.468. The number of ether oxygens (including phenoxy) is 1. The Morgan fingerprint density at radius 2 is 2.31 bits per heavy atom. The van der Waals surface area contributed by atoms with Gasteiger partial charge in [-0.1, -0.05) is 11.6 Å². The zero-order valence-corrected chi connectivity index (χ0v) is 10.3. The van der Waals surface area contributed by atoms with Crippen LogP contribution < -0.4 is 5.32 Å². The number of anilines is 1. The summed E-state index contributed by atoms with van der Waals surface area (Å²) < 4.78 is 5.42. The molecule has 1 fully saturated rings. The van der Waals surface area contributed by atoms with Gasteiger partial charge in [0.1, 0.15) is 5.82 Å². The summed E-state index contributed by atoms with van der Waals surface area (Å²) in [7, 11) is 0. The second kappa shape index (κ2) is 5.51. The molecule has 4 heteroatoms. The summed E-state index contributed by atoms with van der Waals surface area (Å²) in [4.78, 5) is 4.28. The van der Waals surface area contributed by atoms with Crippen LogP contribution >= 0.6 is 11.6 Å². The molecule has 2 rings (SSSR count). The van der Waals surface area contributed by atoms with Crippen molar-refractivity contribution in [3.05, 3.63) is 22.8 Å². The number of aryl methyl sites for hydroxylation is 1. The van der Waals surface area contributed by atoms with Crippen LogP contribution in [-0.2, 0) is 4.74 Å². The summed E-state index contributed by atoms with van der Waals surface area (Å²) >= 11 is 5.94. The van der Waals surface area contributed by atoms with Crippen LogP contribution in [0.25, 0.3) is 0 Å². The molecule has 0 aromatic carbocycles. The lowest BCUT2D eigenvalue weighted by atomic mass is 10.1. The zero-order valence-electron chi connectivity index (χ0n) is 9.50. The Bertz CT molecular complexity index is 349. The maximum Gasteiger partial charge on any atom is 0.126 e. The van der Waals surface area contributed by atoms with Gasteiger partial charge >= 0.3 is 0 Å². The van der Waals surface area contributed by atoms with E-state index in [-0.39, 0.29) is 0 Å². The predicted molar refractivity (Wildman–Crippen MR) is 66.1 cm³/mol. The van der Waals surface area contributed by atoms with Crippen LogP contribution in [0.2, 0.25) is 5.02 Å². The number of nitrogens with one attached hydrogen (secondary N) is 1. The monoisotopic (exact) mass is 240 g/mol. The van der Waals surface area contributed by atoms with Gasteiger partial charge in [0.2, 0.25) is 0 Å².